The van der Waals surface area contributed by atoms with Crippen LogP contribution in [-0.2, 0) is 20.8 Å². The van der Waals surface area contributed by atoms with Gasteiger partial charge >= 0.3 is 0 Å². The lowest BCUT2D eigenvalue weighted by atomic mass is 10.1. The fourth-order valence-electron chi connectivity index (χ4n) is 2.62. The molecular weight excluding hydrogens is 364 g/mol. The minimum absolute atomic E-state index is 0.0224. The quantitative estimate of drug-likeness (QED) is 0.827. The van der Waals surface area contributed by atoms with Gasteiger partial charge in [0.2, 0.25) is 17.7 Å². The van der Waals surface area contributed by atoms with Gasteiger partial charge in [0.05, 0.1) is 28.7 Å². The third-order valence-corrected chi connectivity index (χ3v) is 4.90. The smallest absolute Gasteiger partial charge is 0.231 e. The van der Waals surface area contributed by atoms with Crippen LogP contribution in [0, 0.1) is 5.92 Å². The summed E-state index contributed by atoms with van der Waals surface area (Å²) in [4.78, 5) is 41.2. The summed E-state index contributed by atoms with van der Waals surface area (Å²) >= 11 is 7.34. The number of carbonyl (C=O) groups excluding carboxylic acids is 3. The summed E-state index contributed by atoms with van der Waals surface area (Å²) in [5.41, 5.74) is 6.22. The van der Waals surface area contributed by atoms with Crippen LogP contribution in [0.25, 0.3) is 0 Å². The molecule has 1 aromatic heterocycles. The van der Waals surface area contributed by atoms with Crippen molar-refractivity contribution in [2.24, 2.45) is 11.7 Å². The van der Waals surface area contributed by atoms with Crippen LogP contribution in [-0.4, -0.2) is 29.3 Å². The Bertz CT molecular complexity index is 838. The highest BCUT2D eigenvalue weighted by Crippen LogP contribution is 2.31. The minimum Gasteiger partial charge on any atom is -0.369 e. The second-order valence-electron chi connectivity index (χ2n) is 5.63. The van der Waals surface area contributed by atoms with Crippen LogP contribution < -0.4 is 16.0 Å². The molecule has 2 aromatic rings. The monoisotopic (exact) mass is 378 g/mol. The highest BCUT2D eigenvalue weighted by atomic mass is 35.5. The predicted molar refractivity (Wildman–Crippen MR) is 95.6 cm³/mol. The van der Waals surface area contributed by atoms with E-state index >= 15 is 0 Å². The molecule has 0 bridgehead atoms. The van der Waals surface area contributed by atoms with Crippen molar-refractivity contribution in [3.05, 3.63) is 40.4 Å². The second kappa shape index (κ2) is 7.20. The largest absolute Gasteiger partial charge is 0.369 e. The van der Waals surface area contributed by atoms with E-state index in [1.54, 1.807) is 29.6 Å². The molecule has 0 radical (unpaired) electrons. The van der Waals surface area contributed by atoms with Gasteiger partial charge in [-0.05, 0) is 12.1 Å². The molecule has 9 heteroatoms. The van der Waals surface area contributed by atoms with Crippen molar-refractivity contribution in [1.82, 2.24) is 4.98 Å². The number of halogens is 1. The molecule has 1 unspecified atom stereocenters. The summed E-state index contributed by atoms with van der Waals surface area (Å²) in [6, 6.07) is 7.02. The van der Waals surface area contributed by atoms with Gasteiger partial charge in [-0.25, -0.2) is 4.98 Å². The Balaban J connectivity index is 1.66. The Morgan fingerprint density at radius 2 is 2.16 bits per heavy atom. The van der Waals surface area contributed by atoms with Gasteiger partial charge in [0.15, 0.2) is 5.13 Å². The second-order valence-corrected chi connectivity index (χ2v) is 6.90. The maximum Gasteiger partial charge on any atom is 0.231 e. The number of benzene rings is 1. The van der Waals surface area contributed by atoms with Crippen LogP contribution in [0.2, 0.25) is 5.02 Å². The first-order valence-electron chi connectivity index (χ1n) is 7.52. The van der Waals surface area contributed by atoms with Gasteiger partial charge in [-0.1, -0.05) is 23.7 Å². The molecule has 0 aliphatic carbocycles. The molecular formula is C16H15ClN4O3S. The zero-order valence-corrected chi connectivity index (χ0v) is 14.6. The number of para-hydroxylation sites is 1. The molecule has 25 heavy (non-hydrogen) atoms. The highest BCUT2D eigenvalue weighted by molar-refractivity contribution is 7.13. The lowest BCUT2D eigenvalue weighted by molar-refractivity contribution is -0.122. The number of amides is 3. The minimum atomic E-state index is -0.493. The van der Waals surface area contributed by atoms with Crippen LogP contribution in [0.4, 0.5) is 10.8 Å². The van der Waals surface area contributed by atoms with E-state index in [-0.39, 0.29) is 31.2 Å². The molecule has 130 valence electrons. The number of aromatic nitrogens is 1. The number of nitrogens with two attached hydrogens (primary N) is 1. The third kappa shape index (κ3) is 3.97. The van der Waals surface area contributed by atoms with Crippen molar-refractivity contribution in [3.8, 4) is 0 Å². The number of anilines is 2. The number of primary amides is 1. The van der Waals surface area contributed by atoms with Gasteiger partial charge in [0.1, 0.15) is 0 Å². The first-order valence-corrected chi connectivity index (χ1v) is 8.78. The molecule has 0 saturated carbocycles. The fraction of sp³-hybridized carbons (Fsp3) is 0.250. The van der Waals surface area contributed by atoms with Gasteiger partial charge in [0.25, 0.3) is 0 Å². The molecule has 3 rings (SSSR count). The van der Waals surface area contributed by atoms with E-state index in [4.69, 9.17) is 17.3 Å². The highest BCUT2D eigenvalue weighted by Gasteiger charge is 2.36. The number of hydrogen-bond donors (Lipinski definition) is 2. The van der Waals surface area contributed by atoms with Crippen LogP contribution in [0.15, 0.2) is 29.6 Å². The van der Waals surface area contributed by atoms with Gasteiger partial charge in [-0.3, -0.25) is 14.4 Å². The van der Waals surface area contributed by atoms with Crippen molar-refractivity contribution in [3.63, 3.8) is 0 Å². The van der Waals surface area contributed by atoms with E-state index in [9.17, 15) is 14.4 Å². The number of rotatable bonds is 5. The maximum atomic E-state index is 12.4. The van der Waals surface area contributed by atoms with E-state index in [1.165, 1.54) is 16.2 Å². The molecule has 1 aliphatic rings. The predicted octanol–water partition coefficient (Wildman–Crippen LogP) is 1.82. The fourth-order valence-corrected chi connectivity index (χ4v) is 3.57. The Hall–Kier alpha value is -2.45. The average Bonchev–Trinajstić information content (AvgIpc) is 3.14. The number of thiazole rings is 1. The Morgan fingerprint density at radius 3 is 2.88 bits per heavy atom. The van der Waals surface area contributed by atoms with Gasteiger partial charge in [0, 0.05) is 18.3 Å². The van der Waals surface area contributed by atoms with Crippen molar-refractivity contribution in [2.45, 2.75) is 12.8 Å². The lowest BCUT2D eigenvalue weighted by Gasteiger charge is -2.17. The van der Waals surface area contributed by atoms with Gasteiger partial charge in [-0.2, -0.15) is 0 Å². The molecule has 1 saturated heterocycles. The molecule has 1 fully saturated rings. The number of hydrogen-bond acceptors (Lipinski definition) is 5. The molecule has 3 amide bonds. The van der Waals surface area contributed by atoms with Crippen LogP contribution in [0.3, 0.4) is 0 Å². The molecule has 3 N–H and O–H groups in total. The maximum absolute atomic E-state index is 12.4. The van der Waals surface area contributed by atoms with E-state index in [0.717, 1.165) is 0 Å². The summed E-state index contributed by atoms with van der Waals surface area (Å²) < 4.78 is 0. The Labute approximate surface area is 152 Å². The Kier molecular flexibility index (Phi) is 5.00. The third-order valence-electron chi connectivity index (χ3n) is 3.78. The molecule has 2 heterocycles. The topological polar surface area (TPSA) is 105 Å². The van der Waals surface area contributed by atoms with Crippen LogP contribution >= 0.6 is 22.9 Å². The Morgan fingerprint density at radius 1 is 1.40 bits per heavy atom. The number of carbonyl (C=O) groups is 3. The van der Waals surface area contributed by atoms with Crippen LogP contribution in [0.5, 0.6) is 0 Å². The number of nitrogens with one attached hydrogen (secondary N) is 1. The molecule has 7 nitrogen and oxygen atoms in total. The molecule has 0 spiro atoms. The first-order chi connectivity index (χ1) is 11.9. The van der Waals surface area contributed by atoms with Crippen molar-refractivity contribution in [2.75, 3.05) is 16.8 Å². The normalized spacial score (nSPS) is 16.9. The zero-order valence-electron chi connectivity index (χ0n) is 13.1. The lowest BCUT2D eigenvalue weighted by Crippen LogP contribution is -2.28. The first kappa shape index (κ1) is 17.4. The SMILES string of the molecule is NC(=O)Cc1csc(NC(=O)C2CC(=O)N(c3ccccc3Cl)C2)n1. The van der Waals surface area contributed by atoms with E-state index in [0.29, 0.717) is 21.5 Å². The number of nitrogens with zero attached hydrogens (tertiary/aromatic N) is 2. The molecule has 1 aliphatic heterocycles. The molecule has 1 atom stereocenters. The van der Waals surface area contributed by atoms with Gasteiger partial charge < -0.3 is 16.0 Å². The van der Waals surface area contributed by atoms with E-state index < -0.39 is 11.8 Å². The van der Waals surface area contributed by atoms with Crippen LogP contribution in [0.1, 0.15) is 12.1 Å². The zero-order chi connectivity index (χ0) is 18.0. The summed E-state index contributed by atoms with van der Waals surface area (Å²) in [5, 5.41) is 5.20. The van der Waals surface area contributed by atoms with E-state index in [2.05, 4.69) is 10.3 Å². The van der Waals surface area contributed by atoms with Crippen molar-refractivity contribution < 1.29 is 14.4 Å². The van der Waals surface area contributed by atoms with E-state index in [1.807, 2.05) is 0 Å². The summed E-state index contributed by atoms with van der Waals surface area (Å²) in [5.74, 6) is -1.42. The van der Waals surface area contributed by atoms with Crippen molar-refractivity contribution >= 4 is 51.5 Å². The summed E-state index contributed by atoms with van der Waals surface area (Å²) in [7, 11) is 0. The summed E-state index contributed by atoms with van der Waals surface area (Å²) in [6.07, 6.45) is 0.130. The standard InChI is InChI=1S/C16H15ClN4O3S/c17-11-3-1-2-4-12(11)21-7-9(5-14(21)23)15(24)20-16-19-10(8-25-16)6-13(18)22/h1-4,8-9H,5-7H2,(H2,18,22)(H,19,20,24). The molecule has 1 aromatic carbocycles. The summed E-state index contributed by atoms with van der Waals surface area (Å²) in [6.45, 7) is 0.258. The van der Waals surface area contributed by atoms with Crippen molar-refractivity contribution in [1.29, 1.82) is 0 Å². The van der Waals surface area contributed by atoms with Gasteiger partial charge in [-0.15, -0.1) is 11.3 Å². The average molecular weight is 379 g/mol.